The van der Waals surface area contributed by atoms with Crippen LogP contribution in [-0.4, -0.2) is 32.5 Å². The second kappa shape index (κ2) is 4.88. The van der Waals surface area contributed by atoms with Crippen LogP contribution in [0.25, 0.3) is 0 Å². The van der Waals surface area contributed by atoms with Crippen LogP contribution in [0.4, 0.5) is 0 Å². The van der Waals surface area contributed by atoms with Gasteiger partial charge in [0, 0.05) is 12.3 Å². The van der Waals surface area contributed by atoms with Crippen molar-refractivity contribution in [2.75, 3.05) is 13.3 Å². The molecule has 0 aromatic heterocycles. The Morgan fingerprint density at radius 1 is 1.38 bits per heavy atom. The molecule has 3 nitrogen and oxygen atoms in total. The highest BCUT2D eigenvalue weighted by Gasteiger charge is 2.39. The van der Waals surface area contributed by atoms with Gasteiger partial charge in [0.15, 0.2) is 9.84 Å². The van der Waals surface area contributed by atoms with Crippen molar-refractivity contribution in [3.8, 4) is 0 Å². The van der Waals surface area contributed by atoms with Gasteiger partial charge in [0.25, 0.3) is 0 Å². The number of nitrogens with one attached hydrogen (secondary N) is 1. The maximum atomic E-state index is 11.8. The first-order chi connectivity index (χ1) is 7.30. The Labute approximate surface area is 99.2 Å². The van der Waals surface area contributed by atoms with Crippen molar-refractivity contribution in [1.82, 2.24) is 5.32 Å². The maximum absolute atomic E-state index is 11.8. The van der Waals surface area contributed by atoms with E-state index in [1.54, 1.807) is 13.8 Å². The zero-order valence-electron chi connectivity index (χ0n) is 10.7. The molecule has 1 N–H and O–H groups in total. The molecule has 1 aliphatic carbocycles. The molecule has 0 bridgehead atoms. The summed E-state index contributed by atoms with van der Waals surface area (Å²) >= 11 is 0. The minimum absolute atomic E-state index is 0.0669. The normalized spacial score (nSPS) is 20.4. The fraction of sp³-hybridized carbons (Fsp3) is 0.833. The highest BCUT2D eigenvalue weighted by molar-refractivity contribution is 7.92. The molecule has 0 fully saturated rings. The second-order valence-electron chi connectivity index (χ2n) is 5.12. The lowest BCUT2D eigenvalue weighted by Gasteiger charge is -2.35. The predicted molar refractivity (Wildman–Crippen MR) is 68.3 cm³/mol. The van der Waals surface area contributed by atoms with E-state index in [4.69, 9.17) is 0 Å². The lowest BCUT2D eigenvalue weighted by atomic mass is 9.87. The molecule has 0 saturated heterocycles. The van der Waals surface area contributed by atoms with Crippen molar-refractivity contribution in [2.24, 2.45) is 0 Å². The summed E-state index contributed by atoms with van der Waals surface area (Å²) in [6.07, 6.45) is 8.01. The minimum Gasteiger partial charge on any atom is -0.312 e. The molecule has 0 aliphatic heterocycles. The third kappa shape index (κ3) is 2.66. The number of likely N-dealkylation sites (N-methyl/N-ethyl adjacent to an activating group) is 1. The molecule has 94 valence electrons. The summed E-state index contributed by atoms with van der Waals surface area (Å²) in [5.41, 5.74) is 1.25. The first-order valence-electron chi connectivity index (χ1n) is 5.86. The lowest BCUT2D eigenvalue weighted by molar-refractivity contribution is 0.455. The molecule has 1 rings (SSSR count). The van der Waals surface area contributed by atoms with Gasteiger partial charge in [0.1, 0.15) is 0 Å². The first kappa shape index (κ1) is 13.7. The molecule has 1 aliphatic rings. The molecule has 0 radical (unpaired) electrons. The SMILES string of the molecule is CNC(C1=CCCCC1)C(C)(C)S(C)(=O)=O. The second-order valence-corrected chi connectivity index (χ2v) is 7.72. The molecule has 1 unspecified atom stereocenters. The van der Waals surface area contributed by atoms with E-state index in [1.165, 1.54) is 24.7 Å². The van der Waals surface area contributed by atoms with Crippen LogP contribution in [0, 0.1) is 0 Å². The highest BCUT2D eigenvalue weighted by Crippen LogP contribution is 2.30. The predicted octanol–water partition coefficient (Wildman–Crippen LogP) is 1.90. The van der Waals surface area contributed by atoms with Crippen molar-refractivity contribution in [3.05, 3.63) is 11.6 Å². The van der Waals surface area contributed by atoms with Crippen molar-refractivity contribution in [1.29, 1.82) is 0 Å². The van der Waals surface area contributed by atoms with E-state index >= 15 is 0 Å². The Kier molecular flexibility index (Phi) is 4.18. The summed E-state index contributed by atoms with van der Waals surface area (Å²) < 4.78 is 22.9. The van der Waals surface area contributed by atoms with Gasteiger partial charge in [0.05, 0.1) is 4.75 Å². The Morgan fingerprint density at radius 2 is 2.00 bits per heavy atom. The molecule has 4 heteroatoms. The Balaban J connectivity index is 3.02. The number of hydrogen-bond acceptors (Lipinski definition) is 3. The van der Waals surface area contributed by atoms with Gasteiger partial charge in [-0.1, -0.05) is 11.6 Å². The van der Waals surface area contributed by atoms with Crippen molar-refractivity contribution in [3.63, 3.8) is 0 Å². The third-order valence-corrected chi connectivity index (χ3v) is 5.78. The van der Waals surface area contributed by atoms with Crippen LogP contribution in [0.5, 0.6) is 0 Å². The Bertz CT molecular complexity index is 368. The molecule has 16 heavy (non-hydrogen) atoms. The number of hydrogen-bond donors (Lipinski definition) is 1. The van der Waals surface area contributed by atoms with Crippen LogP contribution in [0.1, 0.15) is 39.5 Å². The van der Waals surface area contributed by atoms with Gasteiger partial charge >= 0.3 is 0 Å². The molecular weight excluding hydrogens is 222 g/mol. The molecule has 0 heterocycles. The van der Waals surface area contributed by atoms with E-state index in [9.17, 15) is 8.42 Å². The van der Waals surface area contributed by atoms with Gasteiger partial charge in [-0.15, -0.1) is 0 Å². The van der Waals surface area contributed by atoms with E-state index in [-0.39, 0.29) is 6.04 Å². The zero-order chi connectivity index (χ0) is 12.4. The fourth-order valence-corrected chi connectivity index (χ4v) is 3.02. The van der Waals surface area contributed by atoms with Crippen LogP contribution in [-0.2, 0) is 9.84 Å². The van der Waals surface area contributed by atoms with Crippen LogP contribution < -0.4 is 5.32 Å². The van der Waals surface area contributed by atoms with E-state index in [0.717, 1.165) is 12.8 Å². The van der Waals surface area contributed by atoms with Gasteiger partial charge in [-0.2, -0.15) is 0 Å². The third-order valence-electron chi connectivity index (χ3n) is 3.64. The smallest absolute Gasteiger partial charge is 0.154 e. The fourth-order valence-electron chi connectivity index (χ4n) is 2.32. The van der Waals surface area contributed by atoms with E-state index in [1.807, 2.05) is 7.05 Å². The summed E-state index contributed by atoms with van der Waals surface area (Å²) in [6, 6.07) is -0.0669. The molecular formula is C12H23NO2S. The van der Waals surface area contributed by atoms with Crippen LogP contribution in [0.3, 0.4) is 0 Å². The van der Waals surface area contributed by atoms with Crippen molar-refractivity contribution < 1.29 is 8.42 Å². The van der Waals surface area contributed by atoms with E-state index < -0.39 is 14.6 Å². The summed E-state index contributed by atoms with van der Waals surface area (Å²) in [5, 5.41) is 3.17. The molecule has 0 aromatic carbocycles. The summed E-state index contributed by atoms with van der Waals surface area (Å²) in [6.45, 7) is 3.61. The standard InChI is InChI=1S/C12H23NO2S/c1-12(2,16(4,14)15)11(13-3)10-8-6-5-7-9-10/h8,11,13H,5-7,9H2,1-4H3. The van der Waals surface area contributed by atoms with Gasteiger partial charge in [0.2, 0.25) is 0 Å². The molecule has 1 atom stereocenters. The molecule has 0 saturated carbocycles. The Hall–Kier alpha value is -0.350. The zero-order valence-corrected chi connectivity index (χ0v) is 11.5. The summed E-state index contributed by atoms with van der Waals surface area (Å²) in [7, 11) is -1.23. The van der Waals surface area contributed by atoms with Crippen LogP contribution in [0.15, 0.2) is 11.6 Å². The van der Waals surface area contributed by atoms with Gasteiger partial charge < -0.3 is 5.32 Å². The summed E-state index contributed by atoms with van der Waals surface area (Å²) in [4.78, 5) is 0. The van der Waals surface area contributed by atoms with Gasteiger partial charge in [-0.05, 0) is 46.6 Å². The van der Waals surface area contributed by atoms with Gasteiger partial charge in [-0.25, -0.2) is 8.42 Å². The first-order valence-corrected chi connectivity index (χ1v) is 7.75. The summed E-state index contributed by atoms with van der Waals surface area (Å²) in [5.74, 6) is 0. The van der Waals surface area contributed by atoms with E-state index in [2.05, 4.69) is 11.4 Å². The molecule has 0 spiro atoms. The maximum Gasteiger partial charge on any atom is 0.154 e. The Morgan fingerprint density at radius 3 is 2.38 bits per heavy atom. The lowest BCUT2D eigenvalue weighted by Crippen LogP contribution is -2.51. The van der Waals surface area contributed by atoms with Crippen molar-refractivity contribution in [2.45, 2.75) is 50.3 Å². The average Bonchev–Trinajstić information content (AvgIpc) is 2.18. The molecule has 0 aromatic rings. The number of allylic oxidation sites excluding steroid dienone is 1. The topological polar surface area (TPSA) is 46.2 Å². The largest absolute Gasteiger partial charge is 0.312 e. The number of rotatable bonds is 4. The van der Waals surface area contributed by atoms with Gasteiger partial charge in [-0.3, -0.25) is 0 Å². The van der Waals surface area contributed by atoms with Crippen LogP contribution >= 0.6 is 0 Å². The molecule has 0 amide bonds. The van der Waals surface area contributed by atoms with E-state index in [0.29, 0.717) is 0 Å². The van der Waals surface area contributed by atoms with Crippen molar-refractivity contribution >= 4 is 9.84 Å². The average molecular weight is 245 g/mol. The quantitative estimate of drug-likeness (QED) is 0.769. The van der Waals surface area contributed by atoms with Crippen LogP contribution in [0.2, 0.25) is 0 Å². The highest BCUT2D eigenvalue weighted by atomic mass is 32.2. The number of sulfone groups is 1. The monoisotopic (exact) mass is 245 g/mol. The minimum atomic E-state index is -3.07.